The molecule has 0 heterocycles. The van der Waals surface area contributed by atoms with Crippen molar-refractivity contribution in [2.24, 2.45) is 0 Å². The van der Waals surface area contributed by atoms with Crippen LogP contribution in [0.15, 0.2) is 24.3 Å². The van der Waals surface area contributed by atoms with Gasteiger partial charge in [0.25, 0.3) is 0 Å². The molecule has 2 rings (SSSR count). The quantitative estimate of drug-likeness (QED) is 0.777. The van der Waals surface area contributed by atoms with Gasteiger partial charge in [-0.05, 0) is 43.4 Å². The van der Waals surface area contributed by atoms with Gasteiger partial charge in [0.2, 0.25) is 0 Å². The normalized spacial score (nSPS) is 18.9. The minimum absolute atomic E-state index is 0.328. The molecule has 100 valence electrons. The third-order valence-electron chi connectivity index (χ3n) is 3.51. The summed E-state index contributed by atoms with van der Waals surface area (Å²) in [6, 6.07) is 9.30. The van der Waals surface area contributed by atoms with Crippen LogP contribution in [0.1, 0.15) is 50.3 Å². The number of ether oxygens (including phenoxy) is 1. The van der Waals surface area contributed by atoms with Gasteiger partial charge >= 0.3 is 0 Å². The van der Waals surface area contributed by atoms with Crippen molar-refractivity contribution in [2.45, 2.75) is 51.7 Å². The molecule has 1 unspecified atom stereocenters. The molecular weight excluding hydrogens is 222 g/mol. The Labute approximate surface area is 111 Å². The van der Waals surface area contributed by atoms with Crippen LogP contribution in [0.25, 0.3) is 0 Å². The fourth-order valence-corrected chi connectivity index (χ4v) is 2.57. The first-order valence-electron chi connectivity index (χ1n) is 7.20. The summed E-state index contributed by atoms with van der Waals surface area (Å²) in [5.74, 6) is 0. The molecule has 1 aromatic rings. The van der Waals surface area contributed by atoms with Crippen LogP contribution in [0.5, 0.6) is 0 Å². The average Bonchev–Trinajstić information content (AvgIpc) is 2.38. The molecule has 0 saturated carbocycles. The van der Waals surface area contributed by atoms with Crippen LogP contribution in [0.4, 0.5) is 0 Å². The maximum atomic E-state index is 6.05. The standard InChI is InChI=1S/C16H25NO/c1-13(2)17-11-6-12-18-16-10-5-8-14-7-3-4-9-15(14)16/h3-4,7,9,13,16-17H,5-6,8,10-12H2,1-2H3. The van der Waals surface area contributed by atoms with E-state index in [4.69, 9.17) is 4.74 Å². The van der Waals surface area contributed by atoms with E-state index in [1.54, 1.807) is 0 Å². The molecule has 0 spiro atoms. The Morgan fingerprint density at radius 3 is 3.00 bits per heavy atom. The lowest BCUT2D eigenvalue weighted by atomic mass is 9.89. The highest BCUT2D eigenvalue weighted by atomic mass is 16.5. The largest absolute Gasteiger partial charge is 0.373 e. The van der Waals surface area contributed by atoms with Crippen LogP contribution >= 0.6 is 0 Å². The van der Waals surface area contributed by atoms with Crippen molar-refractivity contribution < 1.29 is 4.74 Å². The van der Waals surface area contributed by atoms with Gasteiger partial charge in [-0.1, -0.05) is 38.1 Å². The van der Waals surface area contributed by atoms with Crippen molar-refractivity contribution in [1.29, 1.82) is 0 Å². The Bertz CT molecular complexity index is 362. The van der Waals surface area contributed by atoms with E-state index in [0.29, 0.717) is 12.1 Å². The lowest BCUT2D eigenvalue weighted by Gasteiger charge is -2.25. The zero-order chi connectivity index (χ0) is 12.8. The molecule has 0 aromatic heterocycles. The molecular formula is C16H25NO. The number of nitrogens with one attached hydrogen (secondary N) is 1. The summed E-state index contributed by atoms with van der Waals surface area (Å²) in [5, 5.41) is 3.42. The fourth-order valence-electron chi connectivity index (χ4n) is 2.57. The fraction of sp³-hybridized carbons (Fsp3) is 0.625. The average molecular weight is 247 g/mol. The highest BCUT2D eigenvalue weighted by Crippen LogP contribution is 2.32. The minimum Gasteiger partial charge on any atom is -0.373 e. The van der Waals surface area contributed by atoms with E-state index in [1.165, 1.54) is 30.4 Å². The predicted molar refractivity (Wildman–Crippen MR) is 75.8 cm³/mol. The minimum atomic E-state index is 0.328. The second-order valence-corrected chi connectivity index (χ2v) is 5.41. The van der Waals surface area contributed by atoms with Crippen LogP contribution in [0, 0.1) is 0 Å². The van der Waals surface area contributed by atoms with Gasteiger partial charge in [0.05, 0.1) is 6.10 Å². The number of hydrogen-bond acceptors (Lipinski definition) is 2. The molecule has 0 bridgehead atoms. The Hall–Kier alpha value is -0.860. The molecule has 1 aliphatic carbocycles. The third kappa shape index (κ3) is 3.82. The van der Waals surface area contributed by atoms with Crippen LogP contribution in [0.2, 0.25) is 0 Å². The number of benzene rings is 1. The monoisotopic (exact) mass is 247 g/mol. The van der Waals surface area contributed by atoms with Crippen molar-refractivity contribution in [3.05, 3.63) is 35.4 Å². The second-order valence-electron chi connectivity index (χ2n) is 5.41. The van der Waals surface area contributed by atoms with Gasteiger partial charge in [0.1, 0.15) is 0 Å². The highest BCUT2D eigenvalue weighted by molar-refractivity contribution is 5.31. The van der Waals surface area contributed by atoms with Gasteiger partial charge in [-0.2, -0.15) is 0 Å². The summed E-state index contributed by atoms with van der Waals surface area (Å²) in [5.41, 5.74) is 2.90. The van der Waals surface area contributed by atoms with Crippen LogP contribution in [-0.2, 0) is 11.2 Å². The number of rotatable bonds is 6. The number of fused-ring (bicyclic) bond motifs is 1. The molecule has 1 aliphatic rings. The first-order chi connectivity index (χ1) is 8.77. The molecule has 0 aliphatic heterocycles. The Balaban J connectivity index is 1.77. The first kappa shape index (κ1) is 13.6. The van der Waals surface area contributed by atoms with Crippen molar-refractivity contribution in [2.75, 3.05) is 13.2 Å². The maximum absolute atomic E-state index is 6.05. The third-order valence-corrected chi connectivity index (χ3v) is 3.51. The molecule has 2 heteroatoms. The predicted octanol–water partition coefficient (Wildman–Crippen LogP) is 3.47. The smallest absolute Gasteiger partial charge is 0.0827 e. The van der Waals surface area contributed by atoms with E-state index in [-0.39, 0.29) is 0 Å². The zero-order valence-corrected chi connectivity index (χ0v) is 11.6. The van der Waals surface area contributed by atoms with Crippen molar-refractivity contribution >= 4 is 0 Å². The van der Waals surface area contributed by atoms with E-state index in [9.17, 15) is 0 Å². The molecule has 0 fully saturated rings. The topological polar surface area (TPSA) is 21.3 Å². The molecule has 0 saturated heterocycles. The Morgan fingerprint density at radius 1 is 1.33 bits per heavy atom. The summed E-state index contributed by atoms with van der Waals surface area (Å²) < 4.78 is 6.05. The van der Waals surface area contributed by atoms with E-state index in [1.807, 2.05) is 0 Å². The van der Waals surface area contributed by atoms with Gasteiger partial charge in [-0.25, -0.2) is 0 Å². The molecule has 2 nitrogen and oxygen atoms in total. The summed E-state index contributed by atoms with van der Waals surface area (Å²) in [4.78, 5) is 0. The van der Waals surface area contributed by atoms with Crippen LogP contribution in [0.3, 0.4) is 0 Å². The van der Waals surface area contributed by atoms with E-state index in [2.05, 4.69) is 43.4 Å². The molecule has 1 N–H and O–H groups in total. The molecule has 0 radical (unpaired) electrons. The van der Waals surface area contributed by atoms with Gasteiger partial charge in [-0.3, -0.25) is 0 Å². The molecule has 0 amide bonds. The lowest BCUT2D eigenvalue weighted by Crippen LogP contribution is -2.25. The van der Waals surface area contributed by atoms with Crippen molar-refractivity contribution in [1.82, 2.24) is 5.32 Å². The van der Waals surface area contributed by atoms with E-state index < -0.39 is 0 Å². The van der Waals surface area contributed by atoms with Gasteiger partial charge in [0.15, 0.2) is 0 Å². The highest BCUT2D eigenvalue weighted by Gasteiger charge is 2.19. The lowest BCUT2D eigenvalue weighted by molar-refractivity contribution is 0.0392. The summed E-state index contributed by atoms with van der Waals surface area (Å²) in [6.07, 6.45) is 5.07. The summed E-state index contributed by atoms with van der Waals surface area (Å²) in [7, 11) is 0. The Morgan fingerprint density at radius 2 is 2.17 bits per heavy atom. The molecule has 18 heavy (non-hydrogen) atoms. The van der Waals surface area contributed by atoms with Crippen molar-refractivity contribution in [3.63, 3.8) is 0 Å². The van der Waals surface area contributed by atoms with E-state index >= 15 is 0 Å². The van der Waals surface area contributed by atoms with Crippen molar-refractivity contribution in [3.8, 4) is 0 Å². The maximum Gasteiger partial charge on any atom is 0.0827 e. The number of hydrogen-bond donors (Lipinski definition) is 1. The van der Waals surface area contributed by atoms with E-state index in [0.717, 1.165) is 19.6 Å². The zero-order valence-electron chi connectivity index (χ0n) is 11.6. The van der Waals surface area contributed by atoms with Gasteiger partial charge < -0.3 is 10.1 Å². The molecule has 1 atom stereocenters. The second kappa shape index (κ2) is 6.91. The summed E-state index contributed by atoms with van der Waals surface area (Å²) >= 11 is 0. The van der Waals surface area contributed by atoms with Gasteiger partial charge in [0, 0.05) is 12.6 Å². The number of aryl methyl sites for hydroxylation is 1. The van der Waals surface area contributed by atoms with Gasteiger partial charge in [-0.15, -0.1) is 0 Å². The first-order valence-corrected chi connectivity index (χ1v) is 7.20. The summed E-state index contributed by atoms with van der Waals surface area (Å²) in [6.45, 7) is 6.27. The van der Waals surface area contributed by atoms with Crippen LogP contribution < -0.4 is 5.32 Å². The SMILES string of the molecule is CC(C)NCCCOC1CCCc2ccccc21. The van der Waals surface area contributed by atoms with Crippen LogP contribution in [-0.4, -0.2) is 19.2 Å². The molecule has 1 aromatic carbocycles. The Kier molecular flexibility index (Phi) is 5.21.